The van der Waals surface area contributed by atoms with Gasteiger partial charge in [-0.1, -0.05) is 6.92 Å². The summed E-state index contributed by atoms with van der Waals surface area (Å²) in [7, 11) is 1.74. The number of aliphatic carboxylic acids is 1. The Morgan fingerprint density at radius 1 is 1.60 bits per heavy atom. The summed E-state index contributed by atoms with van der Waals surface area (Å²) in [5.41, 5.74) is 0. The van der Waals surface area contributed by atoms with Crippen molar-refractivity contribution >= 4 is 12.0 Å². The maximum Gasteiger partial charge on any atom is 0.320 e. The second-order valence-electron chi connectivity index (χ2n) is 3.93. The van der Waals surface area contributed by atoms with Gasteiger partial charge in [0.1, 0.15) is 0 Å². The Bertz CT molecular complexity index is 255. The van der Waals surface area contributed by atoms with Crippen LogP contribution in [0.2, 0.25) is 0 Å². The molecule has 0 bridgehead atoms. The first-order valence-corrected chi connectivity index (χ1v) is 5.29. The minimum Gasteiger partial charge on any atom is -0.481 e. The van der Waals surface area contributed by atoms with E-state index in [0.29, 0.717) is 13.0 Å². The maximum atomic E-state index is 11.7. The monoisotopic (exact) mass is 214 g/mol. The van der Waals surface area contributed by atoms with Crippen molar-refractivity contribution in [2.75, 3.05) is 20.1 Å². The molecule has 0 radical (unpaired) electrons. The minimum atomic E-state index is -0.801. The van der Waals surface area contributed by atoms with E-state index in [-0.39, 0.29) is 18.5 Å². The van der Waals surface area contributed by atoms with Gasteiger partial charge in [0.15, 0.2) is 0 Å². The van der Waals surface area contributed by atoms with Gasteiger partial charge in [0.05, 0.1) is 6.04 Å². The zero-order chi connectivity index (χ0) is 11.4. The predicted molar refractivity (Wildman–Crippen MR) is 55.7 cm³/mol. The number of carbonyl (C=O) groups excluding carboxylic acids is 1. The van der Waals surface area contributed by atoms with Gasteiger partial charge in [-0.2, -0.15) is 0 Å². The van der Waals surface area contributed by atoms with Crippen molar-refractivity contribution in [1.82, 2.24) is 9.80 Å². The minimum absolute atomic E-state index is 0.0206. The maximum absolute atomic E-state index is 11.7. The van der Waals surface area contributed by atoms with Crippen molar-refractivity contribution in [2.24, 2.45) is 0 Å². The second-order valence-corrected chi connectivity index (χ2v) is 3.93. The number of carboxylic acids is 1. The summed E-state index contributed by atoms with van der Waals surface area (Å²) in [5.74, 6) is -0.801. The van der Waals surface area contributed by atoms with Crippen LogP contribution in [0.15, 0.2) is 0 Å². The molecular weight excluding hydrogens is 196 g/mol. The molecule has 1 aliphatic heterocycles. The number of likely N-dealkylation sites (N-methyl/N-ethyl adjacent to an activating group) is 1. The molecule has 1 unspecified atom stereocenters. The molecule has 0 aliphatic carbocycles. The van der Waals surface area contributed by atoms with Crippen molar-refractivity contribution in [3.05, 3.63) is 0 Å². The molecule has 15 heavy (non-hydrogen) atoms. The normalized spacial score (nSPS) is 21.2. The molecule has 0 saturated carbocycles. The van der Waals surface area contributed by atoms with Gasteiger partial charge < -0.3 is 14.9 Å². The number of urea groups is 1. The van der Waals surface area contributed by atoms with Crippen molar-refractivity contribution < 1.29 is 14.7 Å². The lowest BCUT2D eigenvalue weighted by Crippen LogP contribution is -2.31. The molecule has 0 aromatic carbocycles. The highest BCUT2D eigenvalue weighted by Gasteiger charge is 2.33. The van der Waals surface area contributed by atoms with E-state index < -0.39 is 5.97 Å². The van der Waals surface area contributed by atoms with Crippen LogP contribution >= 0.6 is 0 Å². The number of hydrogen-bond acceptors (Lipinski definition) is 2. The summed E-state index contributed by atoms with van der Waals surface area (Å²) < 4.78 is 0. The van der Waals surface area contributed by atoms with Crippen LogP contribution in [0.3, 0.4) is 0 Å². The SMILES string of the molecule is CCCN1CC(CCC(=O)O)N(C)C1=O. The molecule has 2 amide bonds. The van der Waals surface area contributed by atoms with E-state index in [1.54, 1.807) is 16.8 Å². The van der Waals surface area contributed by atoms with Crippen molar-refractivity contribution in [3.8, 4) is 0 Å². The molecular formula is C10H18N2O3. The van der Waals surface area contributed by atoms with Crippen LogP contribution in [0.25, 0.3) is 0 Å². The van der Waals surface area contributed by atoms with Gasteiger partial charge in [-0.25, -0.2) is 4.79 Å². The molecule has 0 aromatic rings. The fourth-order valence-electron chi connectivity index (χ4n) is 1.87. The lowest BCUT2D eigenvalue weighted by molar-refractivity contribution is -0.137. The zero-order valence-corrected chi connectivity index (χ0v) is 9.27. The van der Waals surface area contributed by atoms with Crippen LogP contribution in [-0.4, -0.2) is 53.1 Å². The standard InChI is InChI=1S/C10H18N2O3/c1-3-6-12-7-8(4-5-9(13)14)11(2)10(12)15/h8H,3-7H2,1-2H3,(H,13,14). The molecule has 0 spiro atoms. The number of amides is 2. The second kappa shape index (κ2) is 5.00. The largest absolute Gasteiger partial charge is 0.481 e. The van der Waals surface area contributed by atoms with Gasteiger partial charge in [0, 0.05) is 26.6 Å². The van der Waals surface area contributed by atoms with Crippen LogP contribution in [0.5, 0.6) is 0 Å². The van der Waals surface area contributed by atoms with Gasteiger partial charge in [-0.05, 0) is 12.8 Å². The van der Waals surface area contributed by atoms with Gasteiger partial charge in [0.25, 0.3) is 0 Å². The Morgan fingerprint density at radius 2 is 2.27 bits per heavy atom. The van der Waals surface area contributed by atoms with Crippen LogP contribution in [0.1, 0.15) is 26.2 Å². The Balaban J connectivity index is 2.47. The summed E-state index contributed by atoms with van der Waals surface area (Å²) in [6, 6.07) is 0.0763. The third-order valence-corrected chi connectivity index (χ3v) is 2.74. The Labute approximate surface area is 89.7 Å². The zero-order valence-electron chi connectivity index (χ0n) is 9.27. The molecule has 0 aromatic heterocycles. The third kappa shape index (κ3) is 2.84. The van der Waals surface area contributed by atoms with E-state index >= 15 is 0 Å². The van der Waals surface area contributed by atoms with Crippen molar-refractivity contribution in [1.29, 1.82) is 0 Å². The molecule has 1 fully saturated rings. The number of rotatable bonds is 5. The molecule has 1 saturated heterocycles. The summed E-state index contributed by atoms with van der Waals surface area (Å²) in [4.78, 5) is 25.5. The highest BCUT2D eigenvalue weighted by Crippen LogP contribution is 2.17. The molecule has 86 valence electrons. The molecule has 1 N–H and O–H groups in total. The van der Waals surface area contributed by atoms with Crippen molar-refractivity contribution in [2.45, 2.75) is 32.2 Å². The summed E-state index contributed by atoms with van der Waals surface area (Å²) in [5, 5.41) is 8.58. The van der Waals surface area contributed by atoms with Gasteiger partial charge in [0.2, 0.25) is 0 Å². The summed E-state index contributed by atoms with van der Waals surface area (Å²) >= 11 is 0. The Morgan fingerprint density at radius 3 is 2.80 bits per heavy atom. The van der Waals surface area contributed by atoms with E-state index in [1.807, 2.05) is 6.92 Å². The van der Waals surface area contributed by atoms with Crippen LogP contribution in [0, 0.1) is 0 Å². The lowest BCUT2D eigenvalue weighted by atomic mass is 10.1. The highest BCUT2D eigenvalue weighted by molar-refractivity contribution is 5.77. The first kappa shape index (κ1) is 11.8. The molecule has 5 nitrogen and oxygen atoms in total. The van der Waals surface area contributed by atoms with Crippen LogP contribution in [-0.2, 0) is 4.79 Å². The van der Waals surface area contributed by atoms with Gasteiger partial charge >= 0.3 is 12.0 Å². The van der Waals surface area contributed by atoms with E-state index in [1.165, 1.54) is 0 Å². The number of nitrogens with zero attached hydrogens (tertiary/aromatic N) is 2. The highest BCUT2D eigenvalue weighted by atomic mass is 16.4. The molecule has 1 atom stereocenters. The van der Waals surface area contributed by atoms with E-state index in [4.69, 9.17) is 5.11 Å². The van der Waals surface area contributed by atoms with E-state index in [2.05, 4.69) is 0 Å². The summed E-state index contributed by atoms with van der Waals surface area (Å²) in [6.07, 6.45) is 1.60. The quantitative estimate of drug-likeness (QED) is 0.742. The molecule has 5 heteroatoms. The molecule has 1 rings (SSSR count). The Hall–Kier alpha value is -1.26. The Kier molecular flexibility index (Phi) is 3.94. The molecule has 1 aliphatic rings. The van der Waals surface area contributed by atoms with Crippen LogP contribution in [0.4, 0.5) is 4.79 Å². The predicted octanol–water partition coefficient (Wildman–Crippen LogP) is 0.997. The smallest absolute Gasteiger partial charge is 0.320 e. The molecule has 1 heterocycles. The summed E-state index contributed by atoms with van der Waals surface area (Å²) in [6.45, 7) is 3.45. The van der Waals surface area contributed by atoms with Gasteiger partial charge in [-0.15, -0.1) is 0 Å². The van der Waals surface area contributed by atoms with E-state index in [9.17, 15) is 9.59 Å². The fraction of sp³-hybridized carbons (Fsp3) is 0.800. The third-order valence-electron chi connectivity index (χ3n) is 2.74. The van der Waals surface area contributed by atoms with E-state index in [0.717, 1.165) is 13.0 Å². The lowest BCUT2D eigenvalue weighted by Gasteiger charge is -2.16. The first-order chi connectivity index (χ1) is 7.06. The van der Waals surface area contributed by atoms with Crippen LogP contribution < -0.4 is 0 Å². The number of carboxylic acid groups (broad SMARTS) is 1. The first-order valence-electron chi connectivity index (χ1n) is 5.29. The average Bonchev–Trinajstić information content (AvgIpc) is 2.44. The number of carbonyl (C=O) groups is 2. The fourth-order valence-corrected chi connectivity index (χ4v) is 1.87. The topological polar surface area (TPSA) is 60.9 Å². The average molecular weight is 214 g/mol. The van der Waals surface area contributed by atoms with Gasteiger partial charge in [-0.3, -0.25) is 4.79 Å². The number of hydrogen-bond donors (Lipinski definition) is 1. The van der Waals surface area contributed by atoms with Crippen molar-refractivity contribution in [3.63, 3.8) is 0 Å².